The molecule has 0 aromatic heterocycles. The van der Waals surface area contributed by atoms with E-state index in [0.29, 0.717) is 12.0 Å². The molecule has 0 aliphatic carbocycles. The van der Waals surface area contributed by atoms with Crippen molar-refractivity contribution in [2.45, 2.75) is 39.5 Å². The molecule has 1 aromatic rings. The summed E-state index contributed by atoms with van der Waals surface area (Å²) in [5.41, 5.74) is 2.70. The van der Waals surface area contributed by atoms with Gasteiger partial charge >= 0.3 is 0 Å². The van der Waals surface area contributed by atoms with Crippen LogP contribution in [-0.4, -0.2) is 37.7 Å². The van der Waals surface area contributed by atoms with Crippen LogP contribution >= 0.6 is 15.9 Å². The van der Waals surface area contributed by atoms with Crippen LogP contribution in [0.4, 0.5) is 0 Å². The molecular formula is C17H27BrN2O. The number of hydrogen-bond donors (Lipinski definition) is 1. The van der Waals surface area contributed by atoms with Gasteiger partial charge in [0.1, 0.15) is 0 Å². The van der Waals surface area contributed by atoms with E-state index in [1.807, 2.05) is 7.11 Å². The average Bonchev–Trinajstić information content (AvgIpc) is 2.89. The van der Waals surface area contributed by atoms with Crippen LogP contribution in [-0.2, 0) is 17.8 Å². The number of methoxy groups -OCH3 is 1. The van der Waals surface area contributed by atoms with Gasteiger partial charge in [0.25, 0.3) is 0 Å². The van der Waals surface area contributed by atoms with Gasteiger partial charge in [-0.3, -0.25) is 4.90 Å². The Balaban J connectivity index is 1.87. The van der Waals surface area contributed by atoms with E-state index in [1.165, 1.54) is 15.6 Å². The zero-order valence-electron chi connectivity index (χ0n) is 13.4. The van der Waals surface area contributed by atoms with Gasteiger partial charge in [-0.05, 0) is 36.1 Å². The molecular weight excluding hydrogens is 328 g/mol. The molecule has 0 amide bonds. The number of ether oxygens (including phenoxy) is 1. The number of benzene rings is 1. The molecule has 4 heteroatoms. The SMILES string of the molecule is COC1CCN(Cc2ccc(CNCC(C)C)cc2Br)C1. The van der Waals surface area contributed by atoms with E-state index in [2.05, 4.69) is 58.2 Å². The Morgan fingerprint density at radius 1 is 1.43 bits per heavy atom. The summed E-state index contributed by atoms with van der Waals surface area (Å²) in [7, 11) is 1.81. The number of likely N-dealkylation sites (tertiary alicyclic amines) is 1. The predicted octanol–water partition coefficient (Wildman–Crippen LogP) is 3.42. The van der Waals surface area contributed by atoms with Gasteiger partial charge in [0.15, 0.2) is 0 Å². The highest BCUT2D eigenvalue weighted by Gasteiger charge is 2.22. The highest BCUT2D eigenvalue weighted by molar-refractivity contribution is 9.10. The Hall–Kier alpha value is -0.420. The van der Waals surface area contributed by atoms with Gasteiger partial charge in [0.05, 0.1) is 6.10 Å². The third-order valence-corrected chi connectivity index (χ3v) is 4.69. The second-order valence-corrected chi connectivity index (χ2v) is 7.19. The number of nitrogens with zero attached hydrogens (tertiary/aromatic N) is 1. The minimum atomic E-state index is 0.406. The maximum absolute atomic E-state index is 5.43. The molecule has 0 saturated carbocycles. The van der Waals surface area contributed by atoms with E-state index in [-0.39, 0.29) is 0 Å². The lowest BCUT2D eigenvalue weighted by molar-refractivity contribution is 0.107. The minimum Gasteiger partial charge on any atom is -0.380 e. The van der Waals surface area contributed by atoms with Crippen LogP contribution in [0.2, 0.25) is 0 Å². The summed E-state index contributed by atoms with van der Waals surface area (Å²) in [6.07, 6.45) is 1.55. The van der Waals surface area contributed by atoms with Crippen LogP contribution in [0, 0.1) is 5.92 Å². The van der Waals surface area contributed by atoms with Crippen molar-refractivity contribution in [1.29, 1.82) is 0 Å². The summed E-state index contributed by atoms with van der Waals surface area (Å²) in [6.45, 7) is 9.63. The van der Waals surface area contributed by atoms with Crippen LogP contribution in [0.25, 0.3) is 0 Å². The van der Waals surface area contributed by atoms with Gasteiger partial charge in [-0.1, -0.05) is 41.9 Å². The molecule has 1 saturated heterocycles. The fourth-order valence-electron chi connectivity index (χ4n) is 2.71. The lowest BCUT2D eigenvalue weighted by atomic mass is 10.1. The first-order valence-electron chi connectivity index (χ1n) is 7.81. The monoisotopic (exact) mass is 354 g/mol. The summed E-state index contributed by atoms with van der Waals surface area (Å²) < 4.78 is 6.65. The summed E-state index contributed by atoms with van der Waals surface area (Å²) in [5, 5.41) is 3.49. The summed E-state index contributed by atoms with van der Waals surface area (Å²) in [6, 6.07) is 6.72. The first-order chi connectivity index (χ1) is 10.1. The lowest BCUT2D eigenvalue weighted by Gasteiger charge is -2.17. The van der Waals surface area contributed by atoms with Crippen LogP contribution < -0.4 is 5.32 Å². The quantitative estimate of drug-likeness (QED) is 0.811. The molecule has 1 N–H and O–H groups in total. The van der Waals surface area contributed by atoms with E-state index in [9.17, 15) is 0 Å². The molecule has 118 valence electrons. The molecule has 1 fully saturated rings. The van der Waals surface area contributed by atoms with Crippen LogP contribution in [0.1, 0.15) is 31.4 Å². The van der Waals surface area contributed by atoms with E-state index >= 15 is 0 Å². The number of hydrogen-bond acceptors (Lipinski definition) is 3. The van der Waals surface area contributed by atoms with E-state index in [0.717, 1.165) is 39.1 Å². The molecule has 1 aliphatic rings. The van der Waals surface area contributed by atoms with Crippen molar-refractivity contribution in [3.05, 3.63) is 33.8 Å². The second kappa shape index (κ2) is 8.28. The summed E-state index contributed by atoms with van der Waals surface area (Å²) >= 11 is 3.72. The molecule has 0 radical (unpaired) electrons. The van der Waals surface area contributed by atoms with E-state index in [1.54, 1.807) is 0 Å². The molecule has 2 rings (SSSR count). The zero-order valence-corrected chi connectivity index (χ0v) is 14.9. The average molecular weight is 355 g/mol. The standard InChI is InChI=1S/C17H27BrN2O/c1-13(2)9-19-10-14-4-5-15(17(18)8-14)11-20-7-6-16(12-20)21-3/h4-5,8,13,16,19H,6-7,9-12H2,1-3H3. The van der Waals surface area contributed by atoms with Crippen molar-refractivity contribution < 1.29 is 4.74 Å². The maximum Gasteiger partial charge on any atom is 0.0710 e. The fourth-order valence-corrected chi connectivity index (χ4v) is 3.26. The lowest BCUT2D eigenvalue weighted by Crippen LogP contribution is -2.22. The molecule has 1 atom stereocenters. The number of halogens is 1. The van der Waals surface area contributed by atoms with E-state index in [4.69, 9.17) is 4.74 Å². The molecule has 0 bridgehead atoms. The highest BCUT2D eigenvalue weighted by atomic mass is 79.9. The molecule has 1 aromatic carbocycles. The van der Waals surface area contributed by atoms with Crippen molar-refractivity contribution in [3.63, 3.8) is 0 Å². The van der Waals surface area contributed by atoms with Gasteiger partial charge < -0.3 is 10.1 Å². The normalized spacial score (nSPS) is 19.6. The molecule has 1 aliphatic heterocycles. The Labute approximate surface area is 137 Å². The van der Waals surface area contributed by atoms with Crippen LogP contribution in [0.3, 0.4) is 0 Å². The highest BCUT2D eigenvalue weighted by Crippen LogP contribution is 2.23. The third kappa shape index (κ3) is 5.37. The zero-order chi connectivity index (χ0) is 15.2. The van der Waals surface area contributed by atoms with Gasteiger partial charge in [-0.25, -0.2) is 0 Å². The van der Waals surface area contributed by atoms with Crippen LogP contribution in [0.15, 0.2) is 22.7 Å². The van der Waals surface area contributed by atoms with Gasteiger partial charge in [0.2, 0.25) is 0 Å². The molecule has 1 heterocycles. The maximum atomic E-state index is 5.43. The minimum absolute atomic E-state index is 0.406. The first kappa shape index (κ1) is 16.9. The number of rotatable bonds is 7. The molecule has 0 spiro atoms. The van der Waals surface area contributed by atoms with Crippen molar-refractivity contribution in [3.8, 4) is 0 Å². The van der Waals surface area contributed by atoms with Gasteiger partial charge in [0, 0.05) is 37.8 Å². The Kier molecular flexibility index (Phi) is 6.68. The van der Waals surface area contributed by atoms with Gasteiger partial charge in [-0.2, -0.15) is 0 Å². The Bertz CT molecular complexity index is 450. The Morgan fingerprint density at radius 3 is 2.86 bits per heavy atom. The summed E-state index contributed by atoms with van der Waals surface area (Å²) in [5.74, 6) is 0.691. The third-order valence-electron chi connectivity index (χ3n) is 3.96. The van der Waals surface area contributed by atoms with E-state index < -0.39 is 0 Å². The number of nitrogens with one attached hydrogen (secondary N) is 1. The molecule has 1 unspecified atom stereocenters. The Morgan fingerprint density at radius 2 is 2.24 bits per heavy atom. The fraction of sp³-hybridized carbons (Fsp3) is 0.647. The van der Waals surface area contributed by atoms with Crippen molar-refractivity contribution in [2.75, 3.05) is 26.7 Å². The topological polar surface area (TPSA) is 24.5 Å². The van der Waals surface area contributed by atoms with Crippen LogP contribution in [0.5, 0.6) is 0 Å². The van der Waals surface area contributed by atoms with Gasteiger partial charge in [-0.15, -0.1) is 0 Å². The summed E-state index contributed by atoms with van der Waals surface area (Å²) in [4.78, 5) is 2.46. The van der Waals surface area contributed by atoms with Crippen molar-refractivity contribution >= 4 is 15.9 Å². The smallest absolute Gasteiger partial charge is 0.0710 e. The predicted molar refractivity (Wildman–Crippen MR) is 91.4 cm³/mol. The molecule has 3 nitrogen and oxygen atoms in total. The first-order valence-corrected chi connectivity index (χ1v) is 8.61. The van der Waals surface area contributed by atoms with Crippen molar-refractivity contribution in [1.82, 2.24) is 10.2 Å². The molecule has 21 heavy (non-hydrogen) atoms. The largest absolute Gasteiger partial charge is 0.380 e. The second-order valence-electron chi connectivity index (χ2n) is 6.33. The van der Waals surface area contributed by atoms with Crippen molar-refractivity contribution in [2.24, 2.45) is 5.92 Å².